The van der Waals surface area contributed by atoms with Crippen LogP contribution in [0.3, 0.4) is 0 Å². The summed E-state index contributed by atoms with van der Waals surface area (Å²) in [5, 5.41) is 8.90. The summed E-state index contributed by atoms with van der Waals surface area (Å²) in [6.07, 6.45) is 1.12. The van der Waals surface area contributed by atoms with Gasteiger partial charge in [-0.3, -0.25) is 0 Å². The van der Waals surface area contributed by atoms with Crippen LogP contribution in [0.4, 0.5) is 0 Å². The summed E-state index contributed by atoms with van der Waals surface area (Å²) in [6, 6.07) is 0. The molecule has 0 aliphatic heterocycles. The normalized spacial score (nSPS) is 14.1. The average Bonchev–Trinajstić information content (AvgIpc) is 1.79. The molecule has 10 heavy (non-hydrogen) atoms. The first-order valence-electron chi connectivity index (χ1n) is 3.88. The molecule has 0 aromatic heterocycles. The monoisotopic (exact) mass is 162 g/mol. The van der Waals surface area contributed by atoms with Gasteiger partial charge in [0.25, 0.3) is 0 Å². The molecule has 0 aromatic rings. The zero-order valence-corrected chi connectivity index (χ0v) is 7.95. The Kier molecular flexibility index (Phi) is 6.24. The van der Waals surface area contributed by atoms with Crippen LogP contribution in [0.5, 0.6) is 0 Å². The number of thioether (sulfide) groups is 1. The van der Waals surface area contributed by atoms with Gasteiger partial charge in [-0.15, -0.1) is 0 Å². The van der Waals surface area contributed by atoms with Crippen molar-refractivity contribution in [3.63, 3.8) is 0 Å². The molecule has 0 heterocycles. The van der Waals surface area contributed by atoms with Gasteiger partial charge in [0.1, 0.15) is 0 Å². The third-order valence-electron chi connectivity index (χ3n) is 1.20. The van der Waals surface area contributed by atoms with Crippen molar-refractivity contribution in [3.05, 3.63) is 0 Å². The van der Waals surface area contributed by atoms with Crippen LogP contribution in [-0.2, 0) is 0 Å². The number of rotatable bonds is 5. The van der Waals surface area contributed by atoms with E-state index in [0.29, 0.717) is 0 Å². The van der Waals surface area contributed by atoms with E-state index < -0.39 is 0 Å². The number of hydrogen-bond donors (Lipinski definition) is 1. The van der Waals surface area contributed by atoms with Crippen LogP contribution in [0.2, 0.25) is 0 Å². The third-order valence-corrected chi connectivity index (χ3v) is 2.44. The van der Waals surface area contributed by atoms with E-state index in [4.69, 9.17) is 5.11 Å². The summed E-state index contributed by atoms with van der Waals surface area (Å²) >= 11 is 1.84. The Morgan fingerprint density at radius 3 is 2.30 bits per heavy atom. The third kappa shape index (κ3) is 8.31. The molecule has 62 valence electrons. The predicted octanol–water partition coefficient (Wildman–Crippen LogP) is 2.15. The lowest BCUT2D eigenvalue weighted by molar-refractivity contribution is 0.220. The smallest absolute Gasteiger partial charge is 0.0602 e. The molecular formula is C8H18OS. The van der Waals surface area contributed by atoms with E-state index in [0.717, 1.165) is 11.7 Å². The zero-order valence-electron chi connectivity index (χ0n) is 7.13. The molecule has 0 bridgehead atoms. The number of aliphatic hydroxyl groups excluding tert-OH is 1. The minimum Gasteiger partial charge on any atom is -0.393 e. The van der Waals surface area contributed by atoms with Crippen molar-refractivity contribution in [2.75, 3.05) is 11.5 Å². The van der Waals surface area contributed by atoms with Gasteiger partial charge < -0.3 is 5.11 Å². The van der Waals surface area contributed by atoms with Gasteiger partial charge in [0.2, 0.25) is 0 Å². The first kappa shape index (κ1) is 10.3. The standard InChI is InChI=1S/C8H18OS/c1-7(2)4-5-10-6-8(3)9/h7-9H,4-6H2,1-3H3/t8-/m1/s1. The minimum absolute atomic E-state index is 0.142. The second-order valence-electron chi connectivity index (χ2n) is 3.11. The lowest BCUT2D eigenvalue weighted by Crippen LogP contribution is -2.03. The fourth-order valence-electron chi connectivity index (χ4n) is 0.573. The van der Waals surface area contributed by atoms with Gasteiger partial charge in [0.05, 0.1) is 6.10 Å². The highest BCUT2D eigenvalue weighted by Gasteiger charge is 1.96. The molecule has 0 saturated heterocycles. The first-order valence-corrected chi connectivity index (χ1v) is 5.04. The molecule has 0 unspecified atom stereocenters. The molecule has 0 spiro atoms. The lowest BCUT2D eigenvalue weighted by atomic mass is 10.2. The second kappa shape index (κ2) is 6.05. The van der Waals surface area contributed by atoms with Gasteiger partial charge in [-0.2, -0.15) is 11.8 Å². The molecule has 0 aromatic carbocycles. The van der Waals surface area contributed by atoms with E-state index in [2.05, 4.69) is 13.8 Å². The van der Waals surface area contributed by atoms with E-state index in [1.165, 1.54) is 12.2 Å². The maximum absolute atomic E-state index is 8.90. The Morgan fingerprint density at radius 2 is 1.90 bits per heavy atom. The molecule has 0 radical (unpaired) electrons. The van der Waals surface area contributed by atoms with Crippen molar-refractivity contribution in [2.24, 2.45) is 5.92 Å². The second-order valence-corrected chi connectivity index (χ2v) is 4.26. The molecule has 1 N–H and O–H groups in total. The zero-order chi connectivity index (χ0) is 7.98. The fraction of sp³-hybridized carbons (Fsp3) is 1.00. The Balaban J connectivity index is 2.91. The molecule has 0 amide bonds. The lowest BCUT2D eigenvalue weighted by Gasteiger charge is -2.05. The highest BCUT2D eigenvalue weighted by molar-refractivity contribution is 7.99. The van der Waals surface area contributed by atoms with Crippen LogP contribution in [-0.4, -0.2) is 22.7 Å². The highest BCUT2D eigenvalue weighted by Crippen LogP contribution is 2.09. The quantitative estimate of drug-likeness (QED) is 0.625. The van der Waals surface area contributed by atoms with E-state index in [9.17, 15) is 0 Å². The Labute approximate surface area is 68.2 Å². The van der Waals surface area contributed by atoms with Crippen LogP contribution >= 0.6 is 11.8 Å². The molecule has 1 atom stereocenters. The van der Waals surface area contributed by atoms with Crippen molar-refractivity contribution in [3.8, 4) is 0 Å². The largest absolute Gasteiger partial charge is 0.393 e. The van der Waals surface area contributed by atoms with Gasteiger partial charge in [-0.25, -0.2) is 0 Å². The van der Waals surface area contributed by atoms with Crippen LogP contribution < -0.4 is 0 Å². The summed E-state index contributed by atoms with van der Waals surface area (Å²) in [4.78, 5) is 0. The molecule has 0 saturated carbocycles. The molecule has 1 nitrogen and oxygen atoms in total. The maximum atomic E-state index is 8.90. The van der Waals surface area contributed by atoms with Crippen LogP contribution in [0.25, 0.3) is 0 Å². The van der Waals surface area contributed by atoms with Crippen LogP contribution in [0.1, 0.15) is 27.2 Å². The highest BCUT2D eigenvalue weighted by atomic mass is 32.2. The van der Waals surface area contributed by atoms with Gasteiger partial charge in [0, 0.05) is 5.75 Å². The fourth-order valence-corrected chi connectivity index (χ4v) is 1.72. The number of hydrogen-bond acceptors (Lipinski definition) is 2. The first-order chi connectivity index (χ1) is 4.63. The van der Waals surface area contributed by atoms with Gasteiger partial charge >= 0.3 is 0 Å². The van der Waals surface area contributed by atoms with Crippen molar-refractivity contribution >= 4 is 11.8 Å². The topological polar surface area (TPSA) is 20.2 Å². The van der Waals surface area contributed by atoms with Crippen LogP contribution in [0, 0.1) is 5.92 Å². The summed E-state index contributed by atoms with van der Waals surface area (Å²) < 4.78 is 0. The summed E-state index contributed by atoms with van der Waals surface area (Å²) in [5.74, 6) is 2.86. The Morgan fingerprint density at radius 1 is 1.30 bits per heavy atom. The maximum Gasteiger partial charge on any atom is 0.0602 e. The molecular weight excluding hydrogens is 144 g/mol. The molecule has 0 aliphatic rings. The molecule has 2 heteroatoms. The Hall–Kier alpha value is 0.310. The van der Waals surface area contributed by atoms with Crippen molar-refractivity contribution in [1.29, 1.82) is 0 Å². The minimum atomic E-state index is -0.142. The van der Waals surface area contributed by atoms with Gasteiger partial charge in [-0.1, -0.05) is 13.8 Å². The van der Waals surface area contributed by atoms with Crippen LogP contribution in [0.15, 0.2) is 0 Å². The average molecular weight is 162 g/mol. The Bertz CT molecular complexity index is 61.7. The van der Waals surface area contributed by atoms with E-state index in [-0.39, 0.29) is 6.10 Å². The van der Waals surface area contributed by atoms with E-state index in [1.807, 2.05) is 18.7 Å². The summed E-state index contributed by atoms with van der Waals surface area (Å²) in [6.45, 7) is 6.29. The molecule has 0 rings (SSSR count). The van der Waals surface area contributed by atoms with Crippen molar-refractivity contribution in [1.82, 2.24) is 0 Å². The van der Waals surface area contributed by atoms with Crippen molar-refractivity contribution in [2.45, 2.75) is 33.3 Å². The summed E-state index contributed by atoms with van der Waals surface area (Å²) in [7, 11) is 0. The van der Waals surface area contributed by atoms with Gasteiger partial charge in [0.15, 0.2) is 0 Å². The predicted molar refractivity (Wildman–Crippen MR) is 48.5 cm³/mol. The summed E-state index contributed by atoms with van der Waals surface area (Å²) in [5.41, 5.74) is 0. The van der Waals surface area contributed by atoms with Gasteiger partial charge in [-0.05, 0) is 25.0 Å². The van der Waals surface area contributed by atoms with E-state index >= 15 is 0 Å². The SMILES string of the molecule is CC(C)CCSC[C@@H](C)O. The number of aliphatic hydroxyl groups is 1. The molecule has 0 fully saturated rings. The molecule has 0 aliphatic carbocycles. The van der Waals surface area contributed by atoms with Crippen molar-refractivity contribution < 1.29 is 5.11 Å². The van der Waals surface area contributed by atoms with E-state index in [1.54, 1.807) is 0 Å².